The summed E-state index contributed by atoms with van der Waals surface area (Å²) >= 11 is 0. The molecule has 3 rings (SSSR count). The van der Waals surface area contributed by atoms with E-state index in [0.29, 0.717) is 12.0 Å². The van der Waals surface area contributed by atoms with Crippen molar-refractivity contribution in [3.8, 4) is 6.07 Å². The lowest BCUT2D eigenvalue weighted by Gasteiger charge is -2.48. The van der Waals surface area contributed by atoms with Gasteiger partial charge in [-0.1, -0.05) is 24.3 Å². The molecule has 1 saturated carbocycles. The number of carbonyl (C=O) groups is 1. The van der Waals surface area contributed by atoms with Crippen molar-refractivity contribution in [2.45, 2.75) is 51.0 Å². The predicted octanol–water partition coefficient (Wildman–Crippen LogP) is 2.77. The zero-order valence-corrected chi connectivity index (χ0v) is 14.7. The van der Waals surface area contributed by atoms with Gasteiger partial charge in [0.2, 0.25) is 5.91 Å². The second-order valence-corrected chi connectivity index (χ2v) is 7.50. The standard InChI is InChI=1S/C20H27N3O/c1-15-5-3-4-6-19(15)20(14-21)9-7-18(8-10-20)23-12-17(13-23)11-22-16(2)24/h3-6,17-18H,7-13H2,1-2H3,(H,22,24). The predicted molar refractivity (Wildman–Crippen MR) is 94.5 cm³/mol. The van der Waals surface area contributed by atoms with Crippen LogP contribution in [0.4, 0.5) is 0 Å². The van der Waals surface area contributed by atoms with Gasteiger partial charge in [0.15, 0.2) is 0 Å². The Hall–Kier alpha value is -1.86. The summed E-state index contributed by atoms with van der Waals surface area (Å²) in [4.78, 5) is 13.5. The quantitative estimate of drug-likeness (QED) is 0.926. The van der Waals surface area contributed by atoms with Crippen molar-refractivity contribution >= 4 is 5.91 Å². The number of rotatable bonds is 4. The van der Waals surface area contributed by atoms with Gasteiger partial charge in [0.25, 0.3) is 0 Å². The number of nitrogens with zero attached hydrogens (tertiary/aromatic N) is 2. The van der Waals surface area contributed by atoms with Crippen LogP contribution in [0, 0.1) is 24.2 Å². The number of hydrogen-bond donors (Lipinski definition) is 1. The van der Waals surface area contributed by atoms with Gasteiger partial charge >= 0.3 is 0 Å². The monoisotopic (exact) mass is 325 g/mol. The van der Waals surface area contributed by atoms with Gasteiger partial charge in [0.05, 0.1) is 11.5 Å². The lowest BCUT2D eigenvalue weighted by Crippen LogP contribution is -2.56. The highest BCUT2D eigenvalue weighted by Gasteiger charge is 2.41. The molecule has 1 heterocycles. The van der Waals surface area contributed by atoms with Gasteiger partial charge in [-0.25, -0.2) is 0 Å². The maximum absolute atomic E-state index is 11.0. The summed E-state index contributed by atoms with van der Waals surface area (Å²) in [5, 5.41) is 12.8. The van der Waals surface area contributed by atoms with Crippen LogP contribution in [0.25, 0.3) is 0 Å². The number of benzene rings is 1. The van der Waals surface area contributed by atoms with Gasteiger partial charge in [0.1, 0.15) is 0 Å². The van der Waals surface area contributed by atoms with E-state index in [2.05, 4.69) is 41.4 Å². The van der Waals surface area contributed by atoms with Crippen LogP contribution in [0.2, 0.25) is 0 Å². The van der Waals surface area contributed by atoms with Gasteiger partial charge in [-0.05, 0) is 43.7 Å². The molecule has 0 aromatic heterocycles. The van der Waals surface area contributed by atoms with Crippen LogP contribution in [-0.4, -0.2) is 36.5 Å². The summed E-state index contributed by atoms with van der Waals surface area (Å²) < 4.78 is 0. The lowest BCUT2D eigenvalue weighted by atomic mass is 9.67. The minimum atomic E-state index is -0.303. The molecular formula is C20H27N3O. The molecule has 0 radical (unpaired) electrons. The van der Waals surface area contributed by atoms with Crippen LogP contribution in [-0.2, 0) is 10.2 Å². The highest BCUT2D eigenvalue weighted by atomic mass is 16.1. The van der Waals surface area contributed by atoms with Crippen LogP contribution in [0.3, 0.4) is 0 Å². The molecule has 1 aliphatic heterocycles. The third-order valence-electron chi connectivity index (χ3n) is 5.82. The molecule has 1 aliphatic carbocycles. The summed E-state index contributed by atoms with van der Waals surface area (Å²) in [6, 6.07) is 11.6. The number of hydrogen-bond acceptors (Lipinski definition) is 3. The molecule has 0 unspecified atom stereocenters. The van der Waals surface area contributed by atoms with Crippen molar-refractivity contribution in [3.05, 3.63) is 35.4 Å². The Morgan fingerprint density at radius 2 is 2.00 bits per heavy atom. The van der Waals surface area contributed by atoms with Crippen molar-refractivity contribution in [3.63, 3.8) is 0 Å². The summed E-state index contributed by atoms with van der Waals surface area (Å²) in [6.07, 6.45) is 4.08. The fraction of sp³-hybridized carbons (Fsp3) is 0.600. The maximum atomic E-state index is 11.0. The molecular weight excluding hydrogens is 298 g/mol. The smallest absolute Gasteiger partial charge is 0.216 e. The number of nitriles is 1. The fourth-order valence-electron chi connectivity index (χ4n) is 4.34. The summed E-state index contributed by atoms with van der Waals surface area (Å²) in [5.41, 5.74) is 2.15. The average molecular weight is 325 g/mol. The largest absolute Gasteiger partial charge is 0.356 e. The van der Waals surface area contributed by atoms with E-state index in [9.17, 15) is 10.1 Å². The molecule has 0 bridgehead atoms. The summed E-state index contributed by atoms with van der Waals surface area (Å²) in [6.45, 7) is 6.64. The molecule has 1 N–H and O–H groups in total. The SMILES string of the molecule is CC(=O)NCC1CN(C2CCC(C#N)(c3ccccc3C)CC2)C1. The summed E-state index contributed by atoms with van der Waals surface area (Å²) in [5.74, 6) is 0.649. The topological polar surface area (TPSA) is 56.1 Å². The molecule has 2 fully saturated rings. The normalized spacial score (nSPS) is 28.0. The molecule has 1 aromatic rings. The Balaban J connectivity index is 1.55. The van der Waals surface area contributed by atoms with E-state index >= 15 is 0 Å². The number of aryl methyl sites for hydroxylation is 1. The number of nitrogens with one attached hydrogen (secondary N) is 1. The van der Waals surface area contributed by atoms with Crippen molar-refractivity contribution in [1.29, 1.82) is 5.26 Å². The number of likely N-dealkylation sites (tertiary alicyclic amines) is 1. The first-order valence-corrected chi connectivity index (χ1v) is 9.00. The lowest BCUT2D eigenvalue weighted by molar-refractivity contribution is -0.119. The second kappa shape index (κ2) is 6.94. The molecule has 1 saturated heterocycles. The zero-order chi connectivity index (χ0) is 17.2. The van der Waals surface area contributed by atoms with E-state index in [4.69, 9.17) is 0 Å². The maximum Gasteiger partial charge on any atom is 0.216 e. The van der Waals surface area contributed by atoms with Crippen molar-refractivity contribution in [2.24, 2.45) is 5.92 Å². The first-order valence-electron chi connectivity index (χ1n) is 9.00. The molecule has 24 heavy (non-hydrogen) atoms. The van der Waals surface area contributed by atoms with E-state index in [0.717, 1.165) is 45.3 Å². The zero-order valence-electron chi connectivity index (χ0n) is 14.7. The number of amides is 1. The Morgan fingerprint density at radius 3 is 2.58 bits per heavy atom. The molecule has 0 spiro atoms. The first-order chi connectivity index (χ1) is 11.5. The second-order valence-electron chi connectivity index (χ2n) is 7.50. The highest BCUT2D eigenvalue weighted by Crippen LogP contribution is 2.42. The van der Waals surface area contributed by atoms with E-state index in [1.165, 1.54) is 11.1 Å². The molecule has 4 heteroatoms. The van der Waals surface area contributed by atoms with Gasteiger partial charge < -0.3 is 5.32 Å². The van der Waals surface area contributed by atoms with Crippen LogP contribution in [0.1, 0.15) is 43.7 Å². The Morgan fingerprint density at radius 1 is 1.33 bits per heavy atom. The fourth-order valence-corrected chi connectivity index (χ4v) is 4.34. The third-order valence-corrected chi connectivity index (χ3v) is 5.82. The molecule has 1 aromatic carbocycles. The van der Waals surface area contributed by atoms with Gasteiger partial charge in [-0.3, -0.25) is 9.69 Å². The molecule has 2 aliphatic rings. The minimum Gasteiger partial charge on any atom is -0.356 e. The Kier molecular flexibility index (Phi) is 4.91. The molecule has 1 amide bonds. The van der Waals surface area contributed by atoms with E-state index in [1.807, 2.05) is 6.07 Å². The van der Waals surface area contributed by atoms with Crippen molar-refractivity contribution in [1.82, 2.24) is 10.2 Å². The van der Waals surface area contributed by atoms with Crippen LogP contribution in [0.15, 0.2) is 24.3 Å². The molecule has 128 valence electrons. The first kappa shape index (κ1) is 17.0. The molecule has 0 atom stereocenters. The summed E-state index contributed by atoms with van der Waals surface area (Å²) in [7, 11) is 0. The van der Waals surface area contributed by atoms with Gasteiger partial charge in [-0.2, -0.15) is 5.26 Å². The Bertz CT molecular complexity index is 635. The van der Waals surface area contributed by atoms with Gasteiger partial charge in [0, 0.05) is 38.5 Å². The molecule has 4 nitrogen and oxygen atoms in total. The van der Waals surface area contributed by atoms with Crippen LogP contribution >= 0.6 is 0 Å². The van der Waals surface area contributed by atoms with E-state index in [1.54, 1.807) is 6.92 Å². The third kappa shape index (κ3) is 3.32. The van der Waals surface area contributed by atoms with E-state index < -0.39 is 0 Å². The van der Waals surface area contributed by atoms with Crippen LogP contribution in [0.5, 0.6) is 0 Å². The van der Waals surface area contributed by atoms with Crippen molar-refractivity contribution in [2.75, 3.05) is 19.6 Å². The minimum absolute atomic E-state index is 0.0585. The van der Waals surface area contributed by atoms with Gasteiger partial charge in [-0.15, -0.1) is 0 Å². The Labute approximate surface area is 144 Å². The number of carbonyl (C=O) groups excluding carboxylic acids is 1. The van der Waals surface area contributed by atoms with Crippen molar-refractivity contribution < 1.29 is 4.79 Å². The average Bonchev–Trinajstić information content (AvgIpc) is 2.54. The van der Waals surface area contributed by atoms with Crippen LogP contribution < -0.4 is 5.32 Å². The highest BCUT2D eigenvalue weighted by molar-refractivity contribution is 5.72. The van der Waals surface area contributed by atoms with E-state index in [-0.39, 0.29) is 11.3 Å².